The van der Waals surface area contributed by atoms with Crippen LogP contribution in [0.5, 0.6) is 0 Å². The van der Waals surface area contributed by atoms with Crippen LogP contribution in [0.2, 0.25) is 10.0 Å². The van der Waals surface area contributed by atoms with Gasteiger partial charge in [-0.25, -0.2) is 4.79 Å². The van der Waals surface area contributed by atoms with E-state index in [0.717, 1.165) is 48.1 Å². The first-order chi connectivity index (χ1) is 15.5. The number of halogens is 2. The van der Waals surface area contributed by atoms with Gasteiger partial charge in [0.1, 0.15) is 0 Å². The highest BCUT2D eigenvalue weighted by molar-refractivity contribution is 6.35. The van der Waals surface area contributed by atoms with Gasteiger partial charge in [0.25, 0.3) is 0 Å². The summed E-state index contributed by atoms with van der Waals surface area (Å²) in [6.07, 6.45) is 3.59. The lowest BCUT2D eigenvalue weighted by atomic mass is 10.1. The van der Waals surface area contributed by atoms with Gasteiger partial charge in [0.2, 0.25) is 0 Å². The summed E-state index contributed by atoms with van der Waals surface area (Å²) in [7, 11) is 0. The Bertz CT molecular complexity index is 1090. The number of hydrogen-bond acceptors (Lipinski definition) is 4. The maximum Gasteiger partial charge on any atom is 0.409 e. The van der Waals surface area contributed by atoms with Gasteiger partial charge in [0, 0.05) is 47.3 Å². The molecule has 0 spiro atoms. The second kappa shape index (κ2) is 10.0. The molecule has 4 rings (SSSR count). The van der Waals surface area contributed by atoms with Crippen molar-refractivity contribution in [1.29, 1.82) is 0 Å². The maximum absolute atomic E-state index is 12.2. The lowest BCUT2D eigenvalue weighted by Crippen LogP contribution is -2.49. The Morgan fingerprint density at radius 1 is 1.12 bits per heavy atom. The van der Waals surface area contributed by atoms with E-state index in [0.29, 0.717) is 29.7 Å². The highest BCUT2D eigenvalue weighted by Crippen LogP contribution is 2.31. The Hall–Kier alpha value is -2.44. The second-order valence-electron chi connectivity index (χ2n) is 8.12. The number of nitrogens with zero attached hydrogens (tertiary/aromatic N) is 4. The molecule has 3 aromatic rings. The number of rotatable bonds is 6. The third-order valence-electron chi connectivity index (χ3n) is 5.99. The van der Waals surface area contributed by atoms with E-state index in [4.69, 9.17) is 27.9 Å². The summed E-state index contributed by atoms with van der Waals surface area (Å²) < 4.78 is 7.34. The summed E-state index contributed by atoms with van der Waals surface area (Å²) >= 11 is 12.5. The molecule has 0 radical (unpaired) electrons. The number of benzene rings is 2. The van der Waals surface area contributed by atoms with Crippen LogP contribution in [0, 0.1) is 0 Å². The van der Waals surface area contributed by atoms with Crippen LogP contribution in [0.3, 0.4) is 0 Å². The Balaban J connectivity index is 1.49. The SMILES string of the molecule is CCCCOC(=O)N1CCN(c2ccc3cnn([C@H](C)c4ccc(Cl)cc4Cl)c3c2)CC1. The standard InChI is InChI=1S/C24H28Cl2N4O2/c1-3-4-13-32-24(31)29-11-9-28(10-12-29)20-7-5-18-16-27-30(23(18)15-20)17(2)21-8-6-19(25)14-22(21)26/h5-8,14-17H,3-4,9-13H2,1-2H3/t17-/m1/s1. The van der Waals surface area contributed by atoms with Gasteiger partial charge in [-0.3, -0.25) is 4.68 Å². The van der Waals surface area contributed by atoms with Crippen LogP contribution in [0.15, 0.2) is 42.6 Å². The van der Waals surface area contributed by atoms with Gasteiger partial charge in [0.05, 0.1) is 24.4 Å². The predicted molar refractivity (Wildman–Crippen MR) is 130 cm³/mol. The smallest absolute Gasteiger partial charge is 0.409 e. The van der Waals surface area contributed by atoms with Crippen molar-refractivity contribution in [2.75, 3.05) is 37.7 Å². The van der Waals surface area contributed by atoms with Crippen LogP contribution in [0.1, 0.15) is 38.3 Å². The topological polar surface area (TPSA) is 50.6 Å². The molecule has 8 heteroatoms. The summed E-state index contributed by atoms with van der Waals surface area (Å²) in [5.41, 5.74) is 3.14. The molecule has 1 aromatic heterocycles. The highest BCUT2D eigenvalue weighted by atomic mass is 35.5. The molecule has 6 nitrogen and oxygen atoms in total. The molecule has 32 heavy (non-hydrogen) atoms. The van der Waals surface area contributed by atoms with Gasteiger partial charge in [-0.2, -0.15) is 5.10 Å². The fourth-order valence-corrected chi connectivity index (χ4v) is 4.61. The normalized spacial score (nSPS) is 15.2. The summed E-state index contributed by atoms with van der Waals surface area (Å²) in [5, 5.41) is 6.95. The van der Waals surface area contributed by atoms with Gasteiger partial charge >= 0.3 is 6.09 Å². The number of aromatic nitrogens is 2. The number of anilines is 1. The van der Waals surface area contributed by atoms with Crippen molar-refractivity contribution in [2.24, 2.45) is 0 Å². The molecule has 2 heterocycles. The number of carbonyl (C=O) groups is 1. The van der Waals surface area contributed by atoms with Crippen molar-refractivity contribution in [3.63, 3.8) is 0 Å². The molecule has 170 valence electrons. The second-order valence-corrected chi connectivity index (χ2v) is 8.96. The number of amides is 1. The maximum atomic E-state index is 12.2. The van der Waals surface area contributed by atoms with Crippen molar-refractivity contribution in [2.45, 2.75) is 32.7 Å². The van der Waals surface area contributed by atoms with Crippen LogP contribution in [0.4, 0.5) is 10.5 Å². The largest absolute Gasteiger partial charge is 0.449 e. The molecular weight excluding hydrogens is 447 g/mol. The van der Waals surface area contributed by atoms with Crippen molar-refractivity contribution < 1.29 is 9.53 Å². The van der Waals surface area contributed by atoms with Crippen LogP contribution in [-0.4, -0.2) is 53.6 Å². The van der Waals surface area contributed by atoms with Crippen LogP contribution >= 0.6 is 23.2 Å². The molecule has 0 unspecified atom stereocenters. The minimum atomic E-state index is -0.208. The first-order valence-corrected chi connectivity index (χ1v) is 11.8. The van der Waals surface area contributed by atoms with Gasteiger partial charge in [-0.15, -0.1) is 0 Å². The molecule has 1 aliphatic rings. The van der Waals surface area contributed by atoms with E-state index in [2.05, 4.69) is 42.0 Å². The van der Waals surface area contributed by atoms with Gasteiger partial charge < -0.3 is 14.5 Å². The van der Waals surface area contributed by atoms with Gasteiger partial charge in [-0.1, -0.05) is 42.6 Å². The molecule has 1 amide bonds. The quantitative estimate of drug-likeness (QED) is 0.410. The molecule has 0 saturated carbocycles. The van der Waals surface area contributed by atoms with Gasteiger partial charge in [-0.05, 0) is 49.2 Å². The molecular formula is C24H28Cl2N4O2. The highest BCUT2D eigenvalue weighted by Gasteiger charge is 2.23. The lowest BCUT2D eigenvalue weighted by molar-refractivity contribution is 0.0989. The van der Waals surface area contributed by atoms with E-state index in [1.54, 1.807) is 11.0 Å². The van der Waals surface area contributed by atoms with E-state index in [1.807, 2.05) is 23.0 Å². The molecule has 1 fully saturated rings. The van der Waals surface area contributed by atoms with Crippen LogP contribution in [-0.2, 0) is 4.74 Å². The fraction of sp³-hybridized carbons (Fsp3) is 0.417. The van der Waals surface area contributed by atoms with E-state index < -0.39 is 0 Å². The Kier molecular flexibility index (Phi) is 7.11. The Morgan fingerprint density at radius 2 is 1.91 bits per heavy atom. The average Bonchev–Trinajstić information content (AvgIpc) is 3.22. The molecule has 0 aliphatic carbocycles. The minimum Gasteiger partial charge on any atom is -0.449 e. The van der Waals surface area contributed by atoms with Crippen molar-refractivity contribution in [3.8, 4) is 0 Å². The van der Waals surface area contributed by atoms with Gasteiger partial charge in [0.15, 0.2) is 0 Å². The number of carbonyl (C=O) groups excluding carboxylic acids is 1. The van der Waals surface area contributed by atoms with Crippen molar-refractivity contribution >= 4 is 45.9 Å². The predicted octanol–water partition coefficient (Wildman–Crippen LogP) is 6.01. The van der Waals surface area contributed by atoms with Crippen LogP contribution in [0.25, 0.3) is 10.9 Å². The summed E-state index contributed by atoms with van der Waals surface area (Å²) in [6, 6.07) is 11.9. The zero-order valence-electron chi connectivity index (χ0n) is 18.4. The monoisotopic (exact) mass is 474 g/mol. The number of unbranched alkanes of at least 4 members (excludes halogenated alkanes) is 1. The third-order valence-corrected chi connectivity index (χ3v) is 6.55. The molecule has 2 aromatic carbocycles. The van der Waals surface area contributed by atoms with E-state index in [1.165, 1.54) is 0 Å². The summed E-state index contributed by atoms with van der Waals surface area (Å²) in [4.78, 5) is 16.3. The molecule has 0 bridgehead atoms. The van der Waals surface area contributed by atoms with Crippen LogP contribution < -0.4 is 4.90 Å². The first-order valence-electron chi connectivity index (χ1n) is 11.1. The average molecular weight is 475 g/mol. The Labute approximate surface area is 198 Å². The minimum absolute atomic E-state index is 0.0396. The fourth-order valence-electron chi connectivity index (χ4n) is 4.05. The zero-order chi connectivity index (χ0) is 22.7. The summed E-state index contributed by atoms with van der Waals surface area (Å²) in [6.45, 7) is 7.49. The van der Waals surface area contributed by atoms with E-state index in [9.17, 15) is 4.79 Å². The first kappa shape index (κ1) is 22.7. The number of piperazine rings is 1. The number of fused-ring (bicyclic) bond motifs is 1. The summed E-state index contributed by atoms with van der Waals surface area (Å²) in [5.74, 6) is 0. The number of hydrogen-bond donors (Lipinski definition) is 0. The van der Waals surface area contributed by atoms with E-state index in [-0.39, 0.29) is 12.1 Å². The molecule has 0 N–H and O–H groups in total. The molecule has 1 aliphatic heterocycles. The zero-order valence-corrected chi connectivity index (χ0v) is 19.9. The Morgan fingerprint density at radius 3 is 2.62 bits per heavy atom. The molecule has 1 saturated heterocycles. The molecule has 1 atom stereocenters. The van der Waals surface area contributed by atoms with Crippen molar-refractivity contribution in [3.05, 3.63) is 58.2 Å². The number of ether oxygens (including phenoxy) is 1. The third kappa shape index (κ3) is 4.81. The van der Waals surface area contributed by atoms with Crippen molar-refractivity contribution in [1.82, 2.24) is 14.7 Å². The lowest BCUT2D eigenvalue weighted by Gasteiger charge is -2.35. The van der Waals surface area contributed by atoms with E-state index >= 15 is 0 Å².